The zero-order valence-electron chi connectivity index (χ0n) is 16.1. The number of hydrogen-bond acceptors (Lipinski definition) is 3. The number of anilines is 2. The number of hydrogen-bond donors (Lipinski definition) is 2. The molecule has 0 aliphatic heterocycles. The summed E-state index contributed by atoms with van der Waals surface area (Å²) in [6.45, 7) is 0. The third-order valence-electron chi connectivity index (χ3n) is 9.12. The molecule has 0 atom stereocenters. The SMILES string of the molecule is O=C(Nc1ccccc1NC(=O)C12C3C4C5C3C1C5C42)c1ccc2ccccc2n1. The van der Waals surface area contributed by atoms with Gasteiger partial charge in [0.25, 0.3) is 5.91 Å². The molecule has 6 aliphatic carbocycles. The predicted molar refractivity (Wildman–Crippen MR) is 112 cm³/mol. The van der Waals surface area contributed by atoms with Crippen LogP contribution < -0.4 is 10.6 Å². The lowest BCUT2D eigenvalue weighted by molar-refractivity contribution is -0.595. The fourth-order valence-electron chi connectivity index (χ4n) is 8.20. The number of carbonyl (C=O) groups excluding carboxylic acids is 2. The highest BCUT2D eigenvalue weighted by Gasteiger charge is 3.06. The summed E-state index contributed by atoms with van der Waals surface area (Å²) in [7, 11) is 0. The van der Waals surface area contributed by atoms with Gasteiger partial charge in [0.1, 0.15) is 5.69 Å². The summed E-state index contributed by atoms with van der Waals surface area (Å²) in [6, 6.07) is 18.8. The molecule has 2 N–H and O–H groups in total. The number of para-hydroxylation sites is 3. The van der Waals surface area contributed by atoms with E-state index in [4.69, 9.17) is 0 Å². The highest BCUT2D eigenvalue weighted by Crippen LogP contribution is 3.05. The van der Waals surface area contributed by atoms with Gasteiger partial charge in [-0.25, -0.2) is 4.98 Å². The minimum atomic E-state index is -0.279. The Morgan fingerprint density at radius 1 is 0.733 bits per heavy atom. The normalized spacial score (nSPS) is 39.4. The first-order chi connectivity index (χ1) is 14.7. The second-order valence-electron chi connectivity index (χ2n) is 9.66. The van der Waals surface area contributed by atoms with Gasteiger partial charge in [-0.3, -0.25) is 9.59 Å². The second-order valence-corrected chi connectivity index (χ2v) is 9.66. The number of nitrogens with zero attached hydrogens (tertiary/aromatic N) is 1. The number of amides is 2. The molecule has 5 nitrogen and oxygen atoms in total. The average Bonchev–Trinajstić information content (AvgIpc) is 2.80. The van der Waals surface area contributed by atoms with Crippen LogP contribution >= 0.6 is 0 Å². The number of benzene rings is 2. The van der Waals surface area contributed by atoms with Gasteiger partial charge in [-0.1, -0.05) is 36.4 Å². The van der Waals surface area contributed by atoms with Gasteiger partial charge < -0.3 is 10.6 Å². The summed E-state index contributed by atoms with van der Waals surface area (Å²) in [6.07, 6.45) is 0. The molecule has 0 bridgehead atoms. The quantitative estimate of drug-likeness (QED) is 0.708. The predicted octanol–water partition coefficient (Wildman–Crippen LogP) is 3.79. The van der Waals surface area contributed by atoms with E-state index in [1.807, 2.05) is 54.6 Å². The van der Waals surface area contributed by atoms with Crippen LogP contribution in [0, 0.1) is 46.8 Å². The van der Waals surface area contributed by atoms with Crippen molar-refractivity contribution in [2.75, 3.05) is 10.6 Å². The molecule has 0 saturated heterocycles. The fraction of sp³-hybridized carbons (Fsp3) is 0.320. The summed E-state index contributed by atoms with van der Waals surface area (Å²) in [4.78, 5) is 30.5. The maximum Gasteiger partial charge on any atom is 0.274 e. The molecule has 0 spiro atoms. The molecule has 3 aromatic rings. The molecule has 6 aliphatic rings. The fourth-order valence-corrected chi connectivity index (χ4v) is 8.20. The van der Waals surface area contributed by atoms with Gasteiger partial charge >= 0.3 is 0 Å². The van der Waals surface area contributed by atoms with Crippen molar-refractivity contribution in [3.05, 3.63) is 66.4 Å². The Morgan fingerprint density at radius 3 is 2.10 bits per heavy atom. The first-order valence-corrected chi connectivity index (χ1v) is 10.8. The summed E-state index contributed by atoms with van der Waals surface area (Å²) in [5, 5.41) is 7.10. The number of fused-ring (bicyclic) bond motifs is 1. The van der Waals surface area contributed by atoms with Gasteiger partial charge in [-0.2, -0.15) is 0 Å². The summed E-state index contributed by atoms with van der Waals surface area (Å²) >= 11 is 0. The monoisotopic (exact) mass is 393 g/mol. The Hall–Kier alpha value is -3.21. The molecule has 1 aromatic heterocycles. The van der Waals surface area contributed by atoms with Crippen molar-refractivity contribution in [1.82, 2.24) is 4.98 Å². The van der Waals surface area contributed by atoms with Crippen LogP contribution in [0.4, 0.5) is 11.4 Å². The first-order valence-electron chi connectivity index (χ1n) is 10.8. The van der Waals surface area contributed by atoms with Gasteiger partial charge in [0.2, 0.25) is 5.91 Å². The molecule has 5 heteroatoms. The highest BCUT2D eigenvalue weighted by molar-refractivity contribution is 6.08. The van der Waals surface area contributed by atoms with Crippen LogP contribution in [-0.4, -0.2) is 16.8 Å². The van der Waals surface area contributed by atoms with Gasteiger partial charge in [0, 0.05) is 5.39 Å². The molecule has 1 heterocycles. The van der Waals surface area contributed by atoms with E-state index in [1.54, 1.807) is 6.07 Å². The maximum atomic E-state index is 13.2. The zero-order chi connectivity index (χ0) is 19.8. The maximum absolute atomic E-state index is 13.2. The van der Waals surface area contributed by atoms with Crippen molar-refractivity contribution in [2.24, 2.45) is 46.8 Å². The topological polar surface area (TPSA) is 71.1 Å². The van der Waals surface area contributed by atoms with E-state index in [-0.39, 0.29) is 17.2 Å². The van der Waals surface area contributed by atoms with Gasteiger partial charge in [0.15, 0.2) is 0 Å². The number of rotatable bonds is 4. The van der Waals surface area contributed by atoms with Crippen LogP contribution in [-0.2, 0) is 4.79 Å². The first kappa shape index (κ1) is 15.6. The third-order valence-corrected chi connectivity index (χ3v) is 9.12. The smallest absolute Gasteiger partial charge is 0.274 e. The second kappa shape index (κ2) is 4.75. The molecule has 2 aromatic carbocycles. The zero-order valence-corrected chi connectivity index (χ0v) is 16.1. The molecule has 6 saturated carbocycles. The van der Waals surface area contributed by atoms with Crippen LogP contribution in [0.3, 0.4) is 0 Å². The van der Waals surface area contributed by atoms with Gasteiger partial charge in [-0.15, -0.1) is 0 Å². The van der Waals surface area contributed by atoms with Crippen LogP contribution in [0.15, 0.2) is 60.7 Å². The molecule has 6 fully saturated rings. The number of pyridine rings is 1. The van der Waals surface area contributed by atoms with Crippen molar-refractivity contribution in [2.45, 2.75) is 0 Å². The van der Waals surface area contributed by atoms with Gasteiger partial charge in [0.05, 0.1) is 22.3 Å². The molecule has 0 radical (unpaired) electrons. The molecule has 2 amide bonds. The van der Waals surface area contributed by atoms with Crippen LogP contribution in [0.2, 0.25) is 0 Å². The Kier molecular flexibility index (Phi) is 2.47. The third kappa shape index (κ3) is 1.41. The van der Waals surface area contributed by atoms with Gasteiger partial charge in [-0.05, 0) is 65.7 Å². The lowest BCUT2D eigenvalue weighted by Gasteiger charge is -3.06. The lowest BCUT2D eigenvalue weighted by Crippen LogP contribution is -3.06. The van der Waals surface area contributed by atoms with E-state index in [0.717, 1.165) is 34.6 Å². The summed E-state index contributed by atoms with van der Waals surface area (Å²) < 4.78 is 0. The summed E-state index contributed by atoms with van der Waals surface area (Å²) in [5.74, 6) is 5.46. The molecule has 146 valence electrons. The van der Waals surface area contributed by atoms with Crippen molar-refractivity contribution in [1.29, 1.82) is 0 Å². The average molecular weight is 393 g/mol. The standard InChI is InChI=1S/C25H19N3O2/c29-23(15-10-9-11-5-1-2-6-12(11)26-15)27-13-7-3-4-8-14(13)28-24(30)25-20-17-16-18(20)22(25)19(16)21(17)25/h1-10,16-22H,(H,27,29)(H,28,30). The Labute approximate surface area is 172 Å². The minimum Gasteiger partial charge on any atom is -0.324 e. The van der Waals surface area contributed by atoms with Crippen molar-refractivity contribution in [3.8, 4) is 0 Å². The van der Waals surface area contributed by atoms with Crippen molar-refractivity contribution >= 4 is 34.1 Å². The van der Waals surface area contributed by atoms with E-state index in [1.165, 1.54) is 0 Å². The van der Waals surface area contributed by atoms with Crippen LogP contribution in [0.25, 0.3) is 10.9 Å². The molecular weight excluding hydrogens is 374 g/mol. The Bertz CT molecular complexity index is 1260. The number of aromatic nitrogens is 1. The van der Waals surface area contributed by atoms with Crippen molar-refractivity contribution in [3.63, 3.8) is 0 Å². The Morgan fingerprint density at radius 2 is 1.37 bits per heavy atom. The van der Waals surface area contributed by atoms with Crippen molar-refractivity contribution < 1.29 is 9.59 Å². The largest absolute Gasteiger partial charge is 0.324 e. The van der Waals surface area contributed by atoms with E-state index in [9.17, 15) is 9.59 Å². The number of nitrogens with one attached hydrogen (secondary N) is 2. The molecule has 30 heavy (non-hydrogen) atoms. The van der Waals surface area contributed by atoms with E-state index >= 15 is 0 Å². The highest BCUT2D eigenvalue weighted by atomic mass is 16.2. The lowest BCUT2D eigenvalue weighted by atomic mass is 8.96. The van der Waals surface area contributed by atoms with Crippen LogP contribution in [0.1, 0.15) is 10.5 Å². The minimum absolute atomic E-state index is 0.0637. The molecular formula is C25H19N3O2. The molecule has 9 rings (SSSR count). The number of carbonyl (C=O) groups is 2. The van der Waals surface area contributed by atoms with E-state index < -0.39 is 0 Å². The van der Waals surface area contributed by atoms with Crippen LogP contribution in [0.5, 0.6) is 0 Å². The van der Waals surface area contributed by atoms with E-state index in [0.29, 0.717) is 34.8 Å². The molecule has 0 unspecified atom stereocenters. The Balaban J connectivity index is 1.05. The van der Waals surface area contributed by atoms with E-state index in [2.05, 4.69) is 15.6 Å². The summed E-state index contributed by atoms with van der Waals surface area (Å²) in [5.41, 5.74) is 2.36.